The lowest BCUT2D eigenvalue weighted by Gasteiger charge is -2.35. The molecule has 0 aromatic heterocycles. The molecular weight excluding hydrogens is 444 g/mol. The molecule has 0 heterocycles. The highest BCUT2D eigenvalue weighted by Crippen LogP contribution is 2.58. The summed E-state index contributed by atoms with van der Waals surface area (Å²) in [4.78, 5) is 11.6. The maximum absolute atomic E-state index is 11.6. The van der Waals surface area contributed by atoms with Crippen molar-refractivity contribution in [3.8, 4) is 22.6 Å². The van der Waals surface area contributed by atoms with Crippen molar-refractivity contribution in [2.45, 2.75) is 19.3 Å². The molecule has 6 rings (SSSR count). The molecule has 1 aliphatic carbocycles. The van der Waals surface area contributed by atoms with Crippen LogP contribution in [0.4, 0.5) is 0 Å². The van der Waals surface area contributed by atoms with E-state index in [0.29, 0.717) is 5.75 Å². The zero-order valence-corrected chi connectivity index (χ0v) is 20.5. The van der Waals surface area contributed by atoms with Crippen LogP contribution in [-0.4, -0.2) is 13.1 Å². The second-order valence-corrected chi connectivity index (χ2v) is 9.35. The number of methoxy groups -OCH3 is 1. The first kappa shape index (κ1) is 22.1. The Morgan fingerprint density at radius 1 is 0.722 bits per heavy atom. The van der Waals surface area contributed by atoms with Crippen molar-refractivity contribution in [3.63, 3.8) is 0 Å². The van der Waals surface area contributed by atoms with Gasteiger partial charge in [0.2, 0.25) is 0 Å². The summed E-state index contributed by atoms with van der Waals surface area (Å²) in [7, 11) is 1.69. The van der Waals surface area contributed by atoms with Crippen molar-refractivity contribution in [2.75, 3.05) is 7.11 Å². The Hall–Kier alpha value is -4.37. The summed E-state index contributed by atoms with van der Waals surface area (Å²) in [6.45, 7) is 3.56. The Kier molecular flexibility index (Phi) is 5.15. The highest BCUT2D eigenvalue weighted by molar-refractivity contribution is 6.00. The van der Waals surface area contributed by atoms with E-state index in [2.05, 4.69) is 85.8 Å². The number of benzene rings is 5. The van der Waals surface area contributed by atoms with E-state index >= 15 is 0 Å². The Morgan fingerprint density at radius 2 is 1.39 bits per heavy atom. The summed E-state index contributed by atoms with van der Waals surface area (Å²) in [5.74, 6) is 1.03. The maximum atomic E-state index is 11.6. The lowest BCUT2D eigenvalue weighted by Crippen LogP contribution is -2.29. The van der Waals surface area contributed by atoms with Crippen LogP contribution in [0.5, 0.6) is 11.5 Å². The van der Waals surface area contributed by atoms with Crippen LogP contribution in [-0.2, 0) is 10.2 Å². The number of aryl methyl sites for hydroxylation is 1. The Morgan fingerprint density at radius 3 is 2.06 bits per heavy atom. The Bertz CT molecular complexity index is 1610. The molecule has 0 saturated heterocycles. The summed E-state index contributed by atoms with van der Waals surface area (Å²) < 4.78 is 10.9. The van der Waals surface area contributed by atoms with E-state index in [1.54, 1.807) is 7.11 Å². The van der Waals surface area contributed by atoms with Crippen LogP contribution in [0.15, 0.2) is 103 Å². The zero-order valence-electron chi connectivity index (χ0n) is 20.5. The van der Waals surface area contributed by atoms with E-state index < -0.39 is 5.41 Å². The number of fused-ring (bicyclic) bond motifs is 5. The van der Waals surface area contributed by atoms with Crippen molar-refractivity contribution in [2.24, 2.45) is 0 Å². The number of hydrogen-bond acceptors (Lipinski definition) is 3. The van der Waals surface area contributed by atoms with Gasteiger partial charge in [0.05, 0.1) is 12.5 Å². The third-order valence-electron chi connectivity index (χ3n) is 7.25. The number of ether oxygens (including phenoxy) is 2. The van der Waals surface area contributed by atoms with Crippen LogP contribution in [0, 0.1) is 6.92 Å². The van der Waals surface area contributed by atoms with Crippen LogP contribution in [0.2, 0.25) is 0 Å². The fourth-order valence-electron chi connectivity index (χ4n) is 5.79. The van der Waals surface area contributed by atoms with Crippen LogP contribution >= 0.6 is 0 Å². The minimum absolute atomic E-state index is 0.328. The third kappa shape index (κ3) is 3.24. The standard InChI is InChI=1S/C33H26O3/c1-21-8-19-31-30(20-21)29-18-9-23-6-4-5-7-28(23)32(29)33(31,24-10-14-26(35-3)15-11-24)25-12-16-27(17-13-25)36-22(2)34/h4-20H,1-3H3. The molecule has 176 valence electrons. The van der Waals surface area contributed by atoms with Gasteiger partial charge < -0.3 is 9.47 Å². The normalized spacial score (nSPS) is 15.9. The molecule has 0 bridgehead atoms. The van der Waals surface area contributed by atoms with Crippen molar-refractivity contribution in [1.29, 1.82) is 0 Å². The first-order chi connectivity index (χ1) is 17.5. The molecule has 3 nitrogen and oxygen atoms in total. The van der Waals surface area contributed by atoms with Crippen LogP contribution in [0.25, 0.3) is 21.9 Å². The number of carbonyl (C=O) groups excluding carboxylic acids is 1. The summed E-state index contributed by atoms with van der Waals surface area (Å²) in [5, 5.41) is 2.43. The zero-order chi connectivity index (χ0) is 24.9. The van der Waals surface area contributed by atoms with E-state index in [-0.39, 0.29) is 5.97 Å². The lowest BCUT2D eigenvalue weighted by molar-refractivity contribution is -0.131. The van der Waals surface area contributed by atoms with E-state index in [0.717, 1.165) is 16.9 Å². The molecule has 0 aliphatic heterocycles. The summed E-state index contributed by atoms with van der Waals surface area (Å²) in [6, 6.07) is 36.2. The van der Waals surface area contributed by atoms with Crippen LogP contribution in [0.3, 0.4) is 0 Å². The molecule has 3 heteroatoms. The quantitative estimate of drug-likeness (QED) is 0.198. The molecule has 1 unspecified atom stereocenters. The van der Waals surface area contributed by atoms with Gasteiger partial charge in [-0.1, -0.05) is 84.4 Å². The topological polar surface area (TPSA) is 35.5 Å². The lowest BCUT2D eigenvalue weighted by atomic mass is 9.66. The van der Waals surface area contributed by atoms with E-state index in [4.69, 9.17) is 9.47 Å². The van der Waals surface area contributed by atoms with Gasteiger partial charge in [-0.3, -0.25) is 4.79 Å². The van der Waals surface area contributed by atoms with Gasteiger partial charge in [-0.15, -0.1) is 0 Å². The average Bonchev–Trinajstić information content (AvgIpc) is 3.19. The van der Waals surface area contributed by atoms with E-state index in [9.17, 15) is 4.79 Å². The van der Waals surface area contributed by atoms with Gasteiger partial charge in [-0.05, 0) is 75.3 Å². The predicted octanol–water partition coefficient (Wildman–Crippen LogP) is 7.45. The average molecular weight is 471 g/mol. The second kappa shape index (κ2) is 8.39. The fourth-order valence-corrected chi connectivity index (χ4v) is 5.79. The van der Waals surface area contributed by atoms with Gasteiger partial charge in [0.15, 0.2) is 0 Å². The summed E-state index contributed by atoms with van der Waals surface area (Å²) >= 11 is 0. The van der Waals surface area contributed by atoms with E-state index in [1.807, 2.05) is 24.3 Å². The molecular formula is C33H26O3. The Balaban J connectivity index is 1.75. The molecule has 5 aromatic carbocycles. The molecule has 1 aliphatic rings. The summed E-state index contributed by atoms with van der Waals surface area (Å²) in [6.07, 6.45) is 0. The molecule has 0 amide bonds. The molecule has 0 radical (unpaired) electrons. The van der Waals surface area contributed by atoms with Gasteiger partial charge in [0.25, 0.3) is 0 Å². The Labute approximate surface area is 210 Å². The van der Waals surface area contributed by atoms with E-state index in [1.165, 1.54) is 45.5 Å². The number of rotatable bonds is 4. The highest BCUT2D eigenvalue weighted by atomic mass is 16.5. The smallest absolute Gasteiger partial charge is 0.308 e. The third-order valence-corrected chi connectivity index (χ3v) is 7.25. The van der Waals surface area contributed by atoms with Crippen molar-refractivity contribution in [3.05, 3.63) is 131 Å². The molecule has 36 heavy (non-hydrogen) atoms. The van der Waals surface area contributed by atoms with Gasteiger partial charge in [0.1, 0.15) is 11.5 Å². The molecule has 0 fully saturated rings. The predicted molar refractivity (Wildman–Crippen MR) is 144 cm³/mol. The van der Waals surface area contributed by atoms with Crippen LogP contribution in [0.1, 0.15) is 34.7 Å². The van der Waals surface area contributed by atoms with Gasteiger partial charge in [0, 0.05) is 6.92 Å². The first-order valence-electron chi connectivity index (χ1n) is 12.1. The highest BCUT2D eigenvalue weighted by Gasteiger charge is 2.47. The monoisotopic (exact) mass is 470 g/mol. The number of carbonyl (C=O) groups is 1. The van der Waals surface area contributed by atoms with Crippen molar-refractivity contribution < 1.29 is 14.3 Å². The van der Waals surface area contributed by atoms with Crippen LogP contribution < -0.4 is 9.47 Å². The second-order valence-electron chi connectivity index (χ2n) is 9.35. The van der Waals surface area contributed by atoms with Gasteiger partial charge in [-0.25, -0.2) is 0 Å². The molecule has 0 spiro atoms. The minimum Gasteiger partial charge on any atom is -0.497 e. The molecule has 0 N–H and O–H groups in total. The molecule has 5 aromatic rings. The minimum atomic E-state index is -0.555. The number of hydrogen-bond donors (Lipinski definition) is 0. The van der Waals surface area contributed by atoms with Crippen molar-refractivity contribution >= 4 is 16.7 Å². The molecule has 1 atom stereocenters. The van der Waals surface area contributed by atoms with Crippen molar-refractivity contribution in [1.82, 2.24) is 0 Å². The fraction of sp³-hybridized carbons (Fsp3) is 0.121. The number of esters is 1. The SMILES string of the molecule is COc1ccc(C2(c3ccc(OC(C)=O)cc3)c3ccc(C)cc3-c3ccc4ccccc4c32)cc1. The maximum Gasteiger partial charge on any atom is 0.308 e. The first-order valence-corrected chi connectivity index (χ1v) is 12.1. The van der Waals surface area contributed by atoms with Gasteiger partial charge in [-0.2, -0.15) is 0 Å². The molecule has 0 saturated carbocycles. The largest absolute Gasteiger partial charge is 0.497 e. The summed E-state index contributed by atoms with van der Waals surface area (Å²) in [5.41, 5.74) is 7.94. The van der Waals surface area contributed by atoms with Gasteiger partial charge >= 0.3 is 5.97 Å².